The summed E-state index contributed by atoms with van der Waals surface area (Å²) in [7, 11) is 0. The number of unbranched alkanes of at least 4 members (excludes halogenated alkanes) is 1. The lowest BCUT2D eigenvalue weighted by Crippen LogP contribution is -2.14. The molecule has 1 aromatic heterocycles. The van der Waals surface area contributed by atoms with Gasteiger partial charge in [-0.05, 0) is 30.7 Å². The van der Waals surface area contributed by atoms with Gasteiger partial charge in [0.1, 0.15) is 11.6 Å². The number of carbonyl (C=O) groups is 1. The van der Waals surface area contributed by atoms with Gasteiger partial charge < -0.3 is 10.1 Å². The first-order valence-electron chi connectivity index (χ1n) is 6.95. The van der Waals surface area contributed by atoms with Gasteiger partial charge in [0.25, 0.3) is 5.91 Å². The van der Waals surface area contributed by atoms with Crippen molar-refractivity contribution in [3.8, 4) is 5.75 Å². The van der Waals surface area contributed by atoms with Crippen LogP contribution in [-0.4, -0.2) is 17.5 Å². The molecule has 0 atom stereocenters. The van der Waals surface area contributed by atoms with Gasteiger partial charge in [0.15, 0.2) is 11.6 Å². The predicted molar refractivity (Wildman–Crippen MR) is 79.0 cm³/mol. The Balaban J connectivity index is 2.00. The van der Waals surface area contributed by atoms with E-state index in [-0.39, 0.29) is 5.82 Å². The molecule has 2 aromatic rings. The van der Waals surface area contributed by atoms with Crippen molar-refractivity contribution in [3.63, 3.8) is 0 Å². The predicted octanol–water partition coefficient (Wildman–Crippen LogP) is 3.79. The molecule has 0 radical (unpaired) electrons. The Morgan fingerprint density at radius 1 is 1.27 bits per heavy atom. The minimum atomic E-state index is -0.923. The summed E-state index contributed by atoms with van der Waals surface area (Å²) in [6.07, 6.45) is 2.83. The molecule has 0 saturated heterocycles. The zero-order chi connectivity index (χ0) is 15.9. The summed E-state index contributed by atoms with van der Waals surface area (Å²) in [5.41, 5.74) is 0.327. The van der Waals surface area contributed by atoms with Gasteiger partial charge in [0.05, 0.1) is 12.8 Å². The van der Waals surface area contributed by atoms with Gasteiger partial charge in [-0.15, -0.1) is 0 Å². The summed E-state index contributed by atoms with van der Waals surface area (Å²) in [5.74, 6) is -1.90. The summed E-state index contributed by atoms with van der Waals surface area (Å²) in [5, 5.41) is 2.29. The average molecular weight is 306 g/mol. The van der Waals surface area contributed by atoms with E-state index in [1.807, 2.05) is 0 Å². The standard InChI is InChI=1S/C16H16F2N2O2/c1-2-3-8-22-13-6-4-11(5-7-13)16(21)20-15-14(18)9-12(17)10-19-15/h4-7,9-10H,2-3,8H2,1H3,(H,19,20,21). The smallest absolute Gasteiger partial charge is 0.256 e. The number of hydrogen-bond donors (Lipinski definition) is 1. The molecule has 0 fully saturated rings. The highest BCUT2D eigenvalue weighted by Crippen LogP contribution is 2.16. The molecule has 0 bridgehead atoms. The molecular formula is C16H16F2N2O2. The zero-order valence-electron chi connectivity index (χ0n) is 12.1. The normalized spacial score (nSPS) is 10.3. The molecule has 0 unspecified atom stereocenters. The van der Waals surface area contributed by atoms with E-state index in [9.17, 15) is 13.6 Å². The molecule has 22 heavy (non-hydrogen) atoms. The molecule has 0 aliphatic carbocycles. The van der Waals surface area contributed by atoms with Crippen molar-refractivity contribution >= 4 is 11.7 Å². The Morgan fingerprint density at radius 2 is 2.00 bits per heavy atom. The van der Waals surface area contributed by atoms with Crippen LogP contribution in [0.2, 0.25) is 0 Å². The van der Waals surface area contributed by atoms with E-state index in [0.717, 1.165) is 19.0 Å². The number of aromatic nitrogens is 1. The lowest BCUT2D eigenvalue weighted by Gasteiger charge is -2.07. The maximum atomic E-state index is 13.4. The Kier molecular flexibility index (Phi) is 5.41. The van der Waals surface area contributed by atoms with Crippen LogP contribution in [0.5, 0.6) is 5.75 Å². The maximum absolute atomic E-state index is 13.4. The average Bonchev–Trinajstić information content (AvgIpc) is 2.51. The minimum absolute atomic E-state index is 0.310. The Labute approximate surface area is 127 Å². The monoisotopic (exact) mass is 306 g/mol. The fraction of sp³-hybridized carbons (Fsp3) is 0.250. The van der Waals surface area contributed by atoms with Crippen molar-refractivity contribution in [1.29, 1.82) is 0 Å². The van der Waals surface area contributed by atoms with E-state index in [1.165, 1.54) is 0 Å². The van der Waals surface area contributed by atoms with Crippen LogP contribution < -0.4 is 10.1 Å². The fourth-order valence-electron chi connectivity index (χ4n) is 1.72. The van der Waals surface area contributed by atoms with E-state index in [0.29, 0.717) is 24.0 Å². The number of rotatable bonds is 6. The Bertz CT molecular complexity index is 645. The topological polar surface area (TPSA) is 51.2 Å². The third-order valence-electron chi connectivity index (χ3n) is 2.92. The van der Waals surface area contributed by atoms with Crippen LogP contribution in [-0.2, 0) is 0 Å². The van der Waals surface area contributed by atoms with Crippen molar-refractivity contribution in [1.82, 2.24) is 4.98 Å². The molecule has 6 heteroatoms. The van der Waals surface area contributed by atoms with Gasteiger partial charge in [0, 0.05) is 11.6 Å². The first-order chi connectivity index (χ1) is 10.6. The highest BCUT2D eigenvalue weighted by atomic mass is 19.1. The van der Waals surface area contributed by atoms with Crippen molar-refractivity contribution in [2.24, 2.45) is 0 Å². The summed E-state index contributed by atoms with van der Waals surface area (Å²) < 4.78 is 31.7. The third kappa shape index (κ3) is 4.25. The highest BCUT2D eigenvalue weighted by molar-refractivity contribution is 6.03. The number of carbonyl (C=O) groups excluding carboxylic acids is 1. The van der Waals surface area contributed by atoms with Crippen LogP contribution in [0.15, 0.2) is 36.5 Å². The molecule has 1 amide bonds. The van der Waals surface area contributed by atoms with Gasteiger partial charge in [-0.25, -0.2) is 13.8 Å². The minimum Gasteiger partial charge on any atom is -0.494 e. The molecule has 2 rings (SSSR count). The van der Waals surface area contributed by atoms with Gasteiger partial charge in [0.2, 0.25) is 0 Å². The van der Waals surface area contributed by atoms with Crippen LogP contribution in [0.1, 0.15) is 30.1 Å². The summed E-state index contributed by atoms with van der Waals surface area (Å²) in [4.78, 5) is 15.5. The largest absolute Gasteiger partial charge is 0.494 e. The molecule has 116 valence electrons. The second kappa shape index (κ2) is 7.49. The first-order valence-corrected chi connectivity index (χ1v) is 6.95. The van der Waals surface area contributed by atoms with Gasteiger partial charge in [-0.3, -0.25) is 4.79 Å². The molecular weight excluding hydrogens is 290 g/mol. The van der Waals surface area contributed by atoms with Crippen molar-refractivity contribution in [2.75, 3.05) is 11.9 Å². The number of halogens is 2. The number of ether oxygens (including phenoxy) is 1. The van der Waals surface area contributed by atoms with E-state index in [4.69, 9.17) is 4.74 Å². The summed E-state index contributed by atoms with van der Waals surface area (Å²) in [6.45, 7) is 2.69. The van der Waals surface area contributed by atoms with Gasteiger partial charge >= 0.3 is 0 Å². The maximum Gasteiger partial charge on any atom is 0.256 e. The highest BCUT2D eigenvalue weighted by Gasteiger charge is 2.11. The molecule has 0 saturated carbocycles. The lowest BCUT2D eigenvalue weighted by molar-refractivity contribution is 0.102. The van der Waals surface area contributed by atoms with Crippen molar-refractivity contribution in [2.45, 2.75) is 19.8 Å². The molecule has 1 heterocycles. The summed E-state index contributed by atoms with van der Waals surface area (Å²) >= 11 is 0. The molecule has 0 aliphatic heterocycles. The second-order valence-electron chi connectivity index (χ2n) is 4.66. The summed E-state index contributed by atoms with van der Waals surface area (Å²) in [6, 6.07) is 7.13. The lowest BCUT2D eigenvalue weighted by atomic mass is 10.2. The number of amides is 1. The number of nitrogens with one attached hydrogen (secondary N) is 1. The molecule has 0 aliphatic rings. The van der Waals surface area contributed by atoms with Gasteiger partial charge in [-0.1, -0.05) is 13.3 Å². The SMILES string of the molecule is CCCCOc1ccc(C(=O)Nc2ncc(F)cc2F)cc1. The number of anilines is 1. The van der Waals surface area contributed by atoms with Crippen LogP contribution in [0.25, 0.3) is 0 Å². The number of nitrogens with zero attached hydrogens (tertiary/aromatic N) is 1. The number of hydrogen-bond acceptors (Lipinski definition) is 3. The zero-order valence-corrected chi connectivity index (χ0v) is 12.1. The van der Waals surface area contributed by atoms with Crippen LogP contribution in [0.3, 0.4) is 0 Å². The third-order valence-corrected chi connectivity index (χ3v) is 2.92. The second-order valence-corrected chi connectivity index (χ2v) is 4.66. The molecule has 1 N–H and O–H groups in total. The first kappa shape index (κ1) is 15.9. The number of benzene rings is 1. The van der Waals surface area contributed by atoms with Gasteiger partial charge in [-0.2, -0.15) is 0 Å². The molecule has 0 spiro atoms. The number of pyridine rings is 1. The Morgan fingerprint density at radius 3 is 2.64 bits per heavy atom. The van der Waals surface area contributed by atoms with Crippen molar-refractivity contribution < 1.29 is 18.3 Å². The van der Waals surface area contributed by atoms with E-state index < -0.39 is 17.5 Å². The van der Waals surface area contributed by atoms with Crippen molar-refractivity contribution in [3.05, 3.63) is 53.7 Å². The van der Waals surface area contributed by atoms with E-state index >= 15 is 0 Å². The fourth-order valence-corrected chi connectivity index (χ4v) is 1.72. The molecule has 1 aromatic carbocycles. The van der Waals surface area contributed by atoms with Crippen LogP contribution in [0, 0.1) is 11.6 Å². The van der Waals surface area contributed by atoms with Crippen LogP contribution >= 0.6 is 0 Å². The molecule has 4 nitrogen and oxygen atoms in total. The van der Waals surface area contributed by atoms with Crippen LogP contribution in [0.4, 0.5) is 14.6 Å². The van der Waals surface area contributed by atoms with E-state index in [1.54, 1.807) is 24.3 Å². The Hall–Kier alpha value is -2.50. The van der Waals surface area contributed by atoms with E-state index in [2.05, 4.69) is 17.2 Å². The quantitative estimate of drug-likeness (QED) is 0.826.